The summed E-state index contributed by atoms with van der Waals surface area (Å²) in [4.78, 5) is 33.9. The Balaban J connectivity index is 1.29. The van der Waals surface area contributed by atoms with Gasteiger partial charge in [-0.1, -0.05) is 35.9 Å². The topological polar surface area (TPSA) is 130 Å². The second-order valence-corrected chi connectivity index (χ2v) is 11.0. The van der Waals surface area contributed by atoms with Crippen molar-refractivity contribution in [1.29, 1.82) is 0 Å². The van der Waals surface area contributed by atoms with Gasteiger partial charge in [-0.05, 0) is 55.5 Å². The predicted molar refractivity (Wildman–Crippen MR) is 148 cm³/mol. The molecule has 9 nitrogen and oxygen atoms in total. The van der Waals surface area contributed by atoms with Crippen LogP contribution in [0.4, 0.5) is 11.6 Å². The maximum absolute atomic E-state index is 12.6. The summed E-state index contributed by atoms with van der Waals surface area (Å²) in [5.74, 6) is -0.0517. The van der Waals surface area contributed by atoms with Gasteiger partial charge >= 0.3 is 0 Å². The molecule has 0 unspecified atom stereocenters. The van der Waals surface area contributed by atoms with Crippen LogP contribution < -0.4 is 15.4 Å². The zero-order valence-electron chi connectivity index (χ0n) is 20.4. The van der Waals surface area contributed by atoms with E-state index >= 15 is 0 Å². The molecule has 38 heavy (non-hydrogen) atoms. The van der Waals surface area contributed by atoms with Gasteiger partial charge in [0.25, 0.3) is 21.8 Å². The minimum absolute atomic E-state index is 0.108. The summed E-state index contributed by atoms with van der Waals surface area (Å²) >= 11 is 1.67. The molecule has 0 aliphatic rings. The van der Waals surface area contributed by atoms with Crippen LogP contribution in [0.5, 0.6) is 0 Å². The number of benzene rings is 3. The highest BCUT2D eigenvalue weighted by Crippen LogP contribution is 2.17. The first-order chi connectivity index (χ1) is 18.3. The molecule has 4 aromatic rings. The summed E-state index contributed by atoms with van der Waals surface area (Å²) in [7, 11) is -4.18. The minimum Gasteiger partial charge on any atom is -0.353 e. The van der Waals surface area contributed by atoms with Crippen LogP contribution in [0.2, 0.25) is 0 Å². The Labute approximate surface area is 225 Å². The molecule has 0 saturated heterocycles. The fourth-order valence-electron chi connectivity index (χ4n) is 3.25. The van der Waals surface area contributed by atoms with Crippen LogP contribution in [0.1, 0.15) is 26.3 Å². The van der Waals surface area contributed by atoms with Crippen molar-refractivity contribution in [3.8, 4) is 0 Å². The lowest BCUT2D eigenvalue weighted by Gasteiger charge is -2.09. The van der Waals surface area contributed by atoms with Crippen molar-refractivity contribution in [2.45, 2.75) is 16.7 Å². The zero-order chi connectivity index (χ0) is 27.0. The van der Waals surface area contributed by atoms with E-state index in [1.807, 2.05) is 54.1 Å². The van der Waals surface area contributed by atoms with Crippen LogP contribution in [0.3, 0.4) is 0 Å². The van der Waals surface area contributed by atoms with E-state index < -0.39 is 15.9 Å². The summed E-state index contributed by atoms with van der Waals surface area (Å²) in [6, 6.07) is 22.9. The summed E-state index contributed by atoms with van der Waals surface area (Å²) in [5, 5.41) is 5.77. The molecule has 2 amide bonds. The molecule has 0 aliphatic heterocycles. The summed E-state index contributed by atoms with van der Waals surface area (Å²) < 4.78 is 27.3. The molecular weight excluding hydrogens is 522 g/mol. The van der Waals surface area contributed by atoms with Crippen molar-refractivity contribution >= 4 is 45.2 Å². The van der Waals surface area contributed by atoms with Gasteiger partial charge in [-0.2, -0.15) is 0 Å². The number of hydrogen-bond donors (Lipinski definition) is 3. The van der Waals surface area contributed by atoms with Gasteiger partial charge in [0.05, 0.1) is 12.4 Å². The first-order valence-electron chi connectivity index (χ1n) is 11.6. The highest BCUT2D eigenvalue weighted by atomic mass is 32.2. The van der Waals surface area contributed by atoms with Crippen molar-refractivity contribution < 1.29 is 18.0 Å². The quantitative estimate of drug-likeness (QED) is 0.197. The fourth-order valence-corrected chi connectivity index (χ4v) is 4.90. The Morgan fingerprint density at radius 3 is 2.08 bits per heavy atom. The second kappa shape index (κ2) is 12.3. The molecule has 194 valence electrons. The molecule has 1 heterocycles. The number of sulfonamides is 1. The summed E-state index contributed by atoms with van der Waals surface area (Å²) in [6.07, 6.45) is 2.28. The van der Waals surface area contributed by atoms with Gasteiger partial charge in [0.2, 0.25) is 5.95 Å². The van der Waals surface area contributed by atoms with Crippen molar-refractivity contribution in [3.63, 3.8) is 0 Å². The number of amides is 2. The third-order valence-corrected chi connectivity index (χ3v) is 7.58. The molecule has 0 fully saturated rings. The van der Waals surface area contributed by atoms with Gasteiger partial charge in [0.1, 0.15) is 4.90 Å². The molecule has 0 radical (unpaired) electrons. The number of aryl methyl sites for hydroxylation is 1. The molecule has 4 rings (SSSR count). The molecule has 11 heteroatoms. The normalized spacial score (nSPS) is 11.0. The lowest BCUT2D eigenvalue weighted by molar-refractivity contribution is 0.0980. The van der Waals surface area contributed by atoms with E-state index in [4.69, 9.17) is 0 Å². The van der Waals surface area contributed by atoms with Gasteiger partial charge < -0.3 is 10.6 Å². The Morgan fingerprint density at radius 2 is 1.42 bits per heavy atom. The Bertz CT molecular complexity index is 1490. The Hall–Kier alpha value is -4.22. The lowest BCUT2D eigenvalue weighted by atomic mass is 10.1. The van der Waals surface area contributed by atoms with E-state index in [2.05, 4.69) is 20.6 Å². The van der Waals surface area contributed by atoms with Gasteiger partial charge in [-0.15, -0.1) is 11.8 Å². The van der Waals surface area contributed by atoms with E-state index in [1.54, 1.807) is 23.9 Å². The number of nitrogens with one attached hydrogen (secondary N) is 3. The second-order valence-electron chi connectivity index (χ2n) is 8.16. The number of rotatable bonds is 10. The van der Waals surface area contributed by atoms with E-state index in [9.17, 15) is 18.0 Å². The van der Waals surface area contributed by atoms with E-state index in [0.29, 0.717) is 17.8 Å². The number of aromatic nitrogens is 2. The average Bonchev–Trinajstić information content (AvgIpc) is 2.92. The van der Waals surface area contributed by atoms with E-state index in [-0.39, 0.29) is 22.3 Å². The molecule has 3 N–H and O–H groups in total. The number of carbonyl (C=O) groups excluding carboxylic acids is 2. The molecule has 0 spiro atoms. The van der Waals surface area contributed by atoms with Crippen molar-refractivity contribution in [2.75, 3.05) is 22.9 Å². The van der Waals surface area contributed by atoms with Crippen LogP contribution in [0.25, 0.3) is 0 Å². The maximum Gasteiger partial charge on any atom is 0.267 e. The number of nitrogens with zero attached hydrogens (tertiary/aromatic N) is 2. The van der Waals surface area contributed by atoms with Crippen molar-refractivity contribution in [3.05, 3.63) is 108 Å². The molecular formula is C27H25N5O4S2. The number of anilines is 2. The third-order valence-electron chi connectivity index (χ3n) is 5.28. The van der Waals surface area contributed by atoms with Crippen LogP contribution in [0.15, 0.2) is 101 Å². The van der Waals surface area contributed by atoms with Gasteiger partial charge in [-0.3, -0.25) is 9.59 Å². The summed E-state index contributed by atoms with van der Waals surface area (Å²) in [5.41, 5.74) is 2.11. The monoisotopic (exact) mass is 547 g/mol. The predicted octanol–water partition coefficient (Wildman–Crippen LogP) is 4.36. The van der Waals surface area contributed by atoms with Gasteiger partial charge in [-0.25, -0.2) is 23.1 Å². The molecule has 0 atom stereocenters. The first-order valence-corrected chi connectivity index (χ1v) is 14.1. The maximum atomic E-state index is 12.6. The summed E-state index contributed by atoms with van der Waals surface area (Å²) in [6.45, 7) is 2.52. The third kappa shape index (κ3) is 7.40. The minimum atomic E-state index is -4.18. The highest BCUT2D eigenvalue weighted by Gasteiger charge is 2.20. The fraction of sp³-hybridized carbons (Fsp3) is 0.111. The first kappa shape index (κ1) is 26.8. The average molecular weight is 548 g/mol. The number of thioether (sulfide) groups is 1. The Kier molecular flexibility index (Phi) is 8.72. The van der Waals surface area contributed by atoms with E-state index in [1.165, 1.54) is 24.3 Å². The largest absolute Gasteiger partial charge is 0.353 e. The van der Waals surface area contributed by atoms with Crippen LogP contribution in [0, 0.1) is 6.92 Å². The van der Waals surface area contributed by atoms with Crippen molar-refractivity contribution in [1.82, 2.24) is 14.7 Å². The molecule has 1 aromatic heterocycles. The van der Waals surface area contributed by atoms with Crippen LogP contribution in [-0.4, -0.2) is 42.5 Å². The Morgan fingerprint density at radius 1 is 0.816 bits per heavy atom. The highest BCUT2D eigenvalue weighted by molar-refractivity contribution is 7.99. The standard InChI is InChI=1S/C27H25N5O4S2/c1-19-7-9-20(10-8-19)25(33)31-22-13-11-21(12-14-22)26(34)32-38(35,36)24-17-29-27(30-18-24)28-15-16-37-23-5-3-2-4-6-23/h2-14,17-18H,15-16H2,1H3,(H,31,33)(H,32,34)(H,28,29,30). The molecule has 0 saturated carbocycles. The van der Waals surface area contributed by atoms with Crippen LogP contribution in [-0.2, 0) is 10.0 Å². The number of hydrogen-bond acceptors (Lipinski definition) is 8. The smallest absolute Gasteiger partial charge is 0.267 e. The SMILES string of the molecule is Cc1ccc(C(=O)Nc2ccc(C(=O)NS(=O)(=O)c3cnc(NCCSc4ccccc4)nc3)cc2)cc1. The molecule has 0 bridgehead atoms. The van der Waals surface area contributed by atoms with Gasteiger partial charge in [0.15, 0.2) is 0 Å². The molecule has 3 aromatic carbocycles. The van der Waals surface area contributed by atoms with Crippen molar-refractivity contribution in [2.24, 2.45) is 0 Å². The number of carbonyl (C=O) groups is 2. The molecule has 0 aliphatic carbocycles. The zero-order valence-corrected chi connectivity index (χ0v) is 22.1. The van der Waals surface area contributed by atoms with Crippen LogP contribution >= 0.6 is 11.8 Å². The van der Waals surface area contributed by atoms with Gasteiger partial charge in [0, 0.05) is 34.0 Å². The lowest BCUT2D eigenvalue weighted by Crippen LogP contribution is -2.30. The van der Waals surface area contributed by atoms with E-state index in [0.717, 1.165) is 28.6 Å².